The van der Waals surface area contributed by atoms with E-state index in [1.165, 1.54) is 19.4 Å². The monoisotopic (exact) mass is 389 g/mol. The van der Waals surface area contributed by atoms with E-state index in [-0.39, 0.29) is 37.9 Å². The summed E-state index contributed by atoms with van der Waals surface area (Å²) in [5.41, 5.74) is 9.27. The van der Waals surface area contributed by atoms with Crippen molar-refractivity contribution in [3.8, 4) is 11.6 Å². The van der Waals surface area contributed by atoms with Crippen LogP contribution in [0.25, 0.3) is 0 Å². The number of carboxylic acid groups (broad SMARTS) is 1. The van der Waals surface area contributed by atoms with Gasteiger partial charge in [0.25, 0.3) is 0 Å². The zero-order valence-electron chi connectivity index (χ0n) is 14.3. The van der Waals surface area contributed by atoms with Crippen LogP contribution >= 0.6 is 0 Å². The Kier molecular flexibility index (Phi) is 11.8. The molecule has 0 saturated heterocycles. The highest BCUT2D eigenvalue weighted by atomic mass is 16.7. The average molecular weight is 389 g/mol. The van der Waals surface area contributed by atoms with Crippen LogP contribution in [0.15, 0.2) is 18.3 Å². The van der Waals surface area contributed by atoms with Crippen LogP contribution in [0, 0.1) is 0 Å². The van der Waals surface area contributed by atoms with E-state index in [1.54, 1.807) is 0 Å². The molecule has 13 nitrogen and oxygen atoms in total. The van der Waals surface area contributed by atoms with E-state index in [1.807, 2.05) is 0 Å². The van der Waals surface area contributed by atoms with E-state index in [2.05, 4.69) is 29.7 Å². The lowest BCUT2D eigenvalue weighted by atomic mass is 10.4. The van der Waals surface area contributed by atoms with Gasteiger partial charge in [0.05, 0.1) is 13.0 Å². The Balaban J connectivity index is 0.000000636. The molecule has 0 aliphatic carbocycles. The molecule has 0 radical (unpaired) electrons. The van der Waals surface area contributed by atoms with Gasteiger partial charge in [-0.25, -0.2) is 19.4 Å². The van der Waals surface area contributed by atoms with Crippen LogP contribution in [0.5, 0.6) is 11.6 Å². The summed E-state index contributed by atoms with van der Waals surface area (Å²) in [4.78, 5) is 44.8. The molecule has 1 aromatic heterocycles. The molecule has 27 heavy (non-hydrogen) atoms. The third-order valence-electron chi connectivity index (χ3n) is 2.20. The van der Waals surface area contributed by atoms with Crippen LogP contribution in [0.2, 0.25) is 0 Å². The Morgan fingerprint density at radius 1 is 1.07 bits per heavy atom. The maximum Gasteiger partial charge on any atom is 0.513 e. The van der Waals surface area contributed by atoms with Crippen molar-refractivity contribution in [2.45, 2.75) is 6.42 Å². The minimum Gasteiger partial charge on any atom is -0.449 e. The standard InChI is InChI=1S/C10H11NO7.C4H8N2O3/c1-15-4-5-16-10(14)17-7-2-3-11-8(6-7)18-9(12)13;5-3(7)1-2-9-4(6)8/h2-3,6H,4-5H2,1H3,(H,12,13);1-2H2,(H2,5,7)(H2,6,8). The van der Waals surface area contributed by atoms with E-state index < -0.39 is 24.3 Å². The maximum absolute atomic E-state index is 11.1. The number of primary amides is 2. The van der Waals surface area contributed by atoms with Crippen molar-refractivity contribution in [3.63, 3.8) is 0 Å². The van der Waals surface area contributed by atoms with E-state index in [0.29, 0.717) is 0 Å². The summed E-state index contributed by atoms with van der Waals surface area (Å²) < 4.78 is 22.6. The minimum absolute atomic E-state index is 0.0168. The smallest absolute Gasteiger partial charge is 0.449 e. The van der Waals surface area contributed by atoms with Crippen molar-refractivity contribution in [1.82, 2.24) is 4.98 Å². The Bertz CT molecular complexity index is 623. The van der Waals surface area contributed by atoms with Gasteiger partial charge in [0.15, 0.2) is 0 Å². The fourth-order valence-corrected chi connectivity index (χ4v) is 1.19. The van der Waals surface area contributed by atoms with Gasteiger partial charge < -0.3 is 40.3 Å². The van der Waals surface area contributed by atoms with Crippen LogP contribution in [0.3, 0.4) is 0 Å². The van der Waals surface area contributed by atoms with Crippen molar-refractivity contribution in [1.29, 1.82) is 0 Å². The topological polar surface area (TPSA) is 200 Å². The van der Waals surface area contributed by atoms with Crippen LogP contribution in [0.1, 0.15) is 6.42 Å². The Morgan fingerprint density at radius 3 is 2.33 bits per heavy atom. The van der Waals surface area contributed by atoms with Crippen LogP contribution in [0.4, 0.5) is 14.4 Å². The number of carbonyl (C=O) groups excluding carboxylic acids is 3. The molecule has 0 aromatic carbocycles. The molecule has 0 bridgehead atoms. The molecule has 5 N–H and O–H groups in total. The second-order valence-electron chi connectivity index (χ2n) is 4.27. The molecule has 150 valence electrons. The highest BCUT2D eigenvalue weighted by molar-refractivity contribution is 5.74. The first-order valence-corrected chi connectivity index (χ1v) is 7.15. The summed E-state index contributed by atoms with van der Waals surface area (Å²) in [7, 11) is 1.47. The molecular weight excluding hydrogens is 370 g/mol. The lowest BCUT2D eigenvalue weighted by Crippen LogP contribution is -2.18. The first-order valence-electron chi connectivity index (χ1n) is 7.15. The van der Waals surface area contributed by atoms with Crippen LogP contribution in [-0.2, 0) is 19.0 Å². The average Bonchev–Trinajstić information content (AvgIpc) is 2.54. The lowest BCUT2D eigenvalue weighted by molar-refractivity contribution is -0.118. The van der Waals surface area contributed by atoms with E-state index in [4.69, 9.17) is 15.6 Å². The number of rotatable bonds is 8. The third-order valence-corrected chi connectivity index (χ3v) is 2.20. The van der Waals surface area contributed by atoms with E-state index in [9.17, 15) is 19.2 Å². The molecule has 1 rings (SSSR count). The molecule has 13 heteroatoms. The summed E-state index contributed by atoms with van der Waals surface area (Å²) in [6.07, 6.45) is -2.09. The molecule has 0 saturated carbocycles. The number of nitrogens with two attached hydrogens (primary N) is 2. The summed E-state index contributed by atoms with van der Waals surface area (Å²) in [6, 6.07) is 2.50. The zero-order chi connectivity index (χ0) is 20.7. The highest BCUT2D eigenvalue weighted by Crippen LogP contribution is 2.16. The summed E-state index contributed by atoms with van der Waals surface area (Å²) >= 11 is 0. The molecule has 0 aliphatic rings. The second kappa shape index (κ2) is 13.7. The zero-order valence-corrected chi connectivity index (χ0v) is 14.3. The predicted octanol–water partition coefficient (Wildman–Crippen LogP) is 0.257. The van der Waals surface area contributed by atoms with Gasteiger partial charge in [-0.3, -0.25) is 4.79 Å². The number of carbonyl (C=O) groups is 4. The number of methoxy groups -OCH3 is 1. The van der Waals surface area contributed by atoms with Gasteiger partial charge >= 0.3 is 18.4 Å². The van der Waals surface area contributed by atoms with Gasteiger partial charge in [0.2, 0.25) is 11.8 Å². The van der Waals surface area contributed by atoms with E-state index >= 15 is 0 Å². The van der Waals surface area contributed by atoms with Gasteiger partial charge in [0, 0.05) is 19.4 Å². The first kappa shape index (κ1) is 23.4. The molecular formula is C14H19N3O10. The Hall–Kier alpha value is -3.61. The van der Waals surface area contributed by atoms with Gasteiger partial charge in [0.1, 0.15) is 19.0 Å². The molecule has 0 aliphatic heterocycles. The number of amides is 2. The molecule has 1 heterocycles. The fourth-order valence-electron chi connectivity index (χ4n) is 1.19. The number of ether oxygens (including phenoxy) is 5. The molecule has 0 unspecified atom stereocenters. The van der Waals surface area contributed by atoms with Crippen molar-refractivity contribution >= 4 is 24.3 Å². The van der Waals surface area contributed by atoms with Gasteiger partial charge in [-0.15, -0.1) is 0 Å². The van der Waals surface area contributed by atoms with Gasteiger partial charge in [-0.2, -0.15) is 0 Å². The fraction of sp³-hybridized carbons (Fsp3) is 0.357. The Morgan fingerprint density at radius 2 is 1.78 bits per heavy atom. The molecule has 0 atom stereocenters. The summed E-state index contributed by atoms with van der Waals surface area (Å²) in [6.45, 7) is 0.266. The Labute approximate surface area is 153 Å². The number of hydrogen-bond donors (Lipinski definition) is 3. The van der Waals surface area contributed by atoms with Gasteiger partial charge in [-0.1, -0.05) is 0 Å². The van der Waals surface area contributed by atoms with Crippen LogP contribution < -0.4 is 20.9 Å². The van der Waals surface area contributed by atoms with Gasteiger partial charge in [-0.05, 0) is 6.07 Å². The first-order chi connectivity index (χ1) is 12.7. The van der Waals surface area contributed by atoms with E-state index in [0.717, 1.165) is 6.07 Å². The third kappa shape index (κ3) is 14.4. The molecule has 1 aromatic rings. The van der Waals surface area contributed by atoms with Crippen LogP contribution in [-0.4, -0.2) is 61.3 Å². The number of hydrogen-bond acceptors (Lipinski definition) is 10. The summed E-state index contributed by atoms with van der Waals surface area (Å²) in [5.74, 6) is -0.662. The predicted molar refractivity (Wildman–Crippen MR) is 86.1 cm³/mol. The number of aromatic nitrogens is 1. The maximum atomic E-state index is 11.1. The van der Waals surface area contributed by atoms with Crippen molar-refractivity contribution < 1.29 is 48.0 Å². The normalized spacial score (nSPS) is 9.22. The highest BCUT2D eigenvalue weighted by Gasteiger charge is 2.09. The van der Waals surface area contributed by atoms with Crippen molar-refractivity contribution in [2.75, 3.05) is 26.9 Å². The van der Waals surface area contributed by atoms with Crippen molar-refractivity contribution in [3.05, 3.63) is 18.3 Å². The molecule has 0 spiro atoms. The quantitative estimate of drug-likeness (QED) is 0.406. The lowest BCUT2D eigenvalue weighted by Gasteiger charge is -2.05. The summed E-state index contributed by atoms with van der Waals surface area (Å²) in [5, 5.41) is 8.37. The second-order valence-corrected chi connectivity index (χ2v) is 4.27. The number of pyridine rings is 1. The molecule has 0 fully saturated rings. The SMILES string of the molecule is COCCOC(=O)Oc1ccnc(OC(=O)O)c1.NC(=O)CCOC(N)=O. The molecule has 2 amide bonds. The van der Waals surface area contributed by atoms with Crippen molar-refractivity contribution in [2.24, 2.45) is 11.5 Å². The number of nitrogens with zero attached hydrogens (tertiary/aromatic N) is 1. The minimum atomic E-state index is -1.51. The largest absolute Gasteiger partial charge is 0.513 e.